The highest BCUT2D eigenvalue weighted by Gasteiger charge is 2.07. The summed E-state index contributed by atoms with van der Waals surface area (Å²) in [6.07, 6.45) is 0. The minimum Gasteiger partial charge on any atom is -0.504 e. The quantitative estimate of drug-likeness (QED) is 0.577. The monoisotopic (exact) mass is 286 g/mol. The van der Waals surface area contributed by atoms with E-state index in [4.69, 9.17) is 0 Å². The Morgan fingerprint density at radius 1 is 1.00 bits per heavy atom. The summed E-state index contributed by atoms with van der Waals surface area (Å²) in [6.45, 7) is 0. The van der Waals surface area contributed by atoms with Gasteiger partial charge in [-0.3, -0.25) is 0 Å². The molecule has 0 heterocycles. The van der Waals surface area contributed by atoms with Crippen LogP contribution < -0.4 is 0 Å². The summed E-state index contributed by atoms with van der Waals surface area (Å²) in [5.41, 5.74) is 0. The van der Waals surface area contributed by atoms with Crippen LogP contribution in [0.15, 0.2) is 30.3 Å². The lowest BCUT2D eigenvalue weighted by molar-refractivity contribution is 0.408. The molecule has 3 heteroatoms. The van der Waals surface area contributed by atoms with Crippen LogP contribution >= 0.6 is 22.6 Å². The highest BCUT2D eigenvalue weighted by molar-refractivity contribution is 14.1. The highest BCUT2D eigenvalue weighted by atomic mass is 127. The Labute approximate surface area is 89.0 Å². The molecule has 2 aromatic carbocycles. The van der Waals surface area contributed by atoms with E-state index in [9.17, 15) is 10.2 Å². The summed E-state index contributed by atoms with van der Waals surface area (Å²) in [5, 5.41) is 20.5. The minimum absolute atomic E-state index is 0.0394. The van der Waals surface area contributed by atoms with Gasteiger partial charge in [0, 0.05) is 8.96 Å². The predicted octanol–water partition coefficient (Wildman–Crippen LogP) is 2.86. The Hall–Kier alpha value is -0.970. The molecule has 0 atom stereocenters. The number of aromatic hydroxyl groups is 2. The van der Waals surface area contributed by atoms with Crippen molar-refractivity contribution in [3.63, 3.8) is 0 Å². The van der Waals surface area contributed by atoms with Gasteiger partial charge in [0.1, 0.15) is 0 Å². The molecule has 0 spiro atoms. The summed E-state index contributed by atoms with van der Waals surface area (Å²) in [5.74, 6) is -0.112. The summed E-state index contributed by atoms with van der Waals surface area (Å²) in [6, 6.07) is 8.99. The SMILES string of the molecule is Oc1ccc2cccc(I)c2c1O. The molecule has 0 fully saturated rings. The molecule has 2 aromatic rings. The molecule has 2 nitrogen and oxygen atoms in total. The largest absolute Gasteiger partial charge is 0.504 e. The average molecular weight is 286 g/mol. The molecule has 0 radical (unpaired) electrons. The Balaban J connectivity index is 2.97. The Morgan fingerprint density at radius 3 is 2.54 bits per heavy atom. The van der Waals surface area contributed by atoms with Crippen LogP contribution in [-0.4, -0.2) is 10.2 Å². The second-order valence-corrected chi connectivity index (χ2v) is 3.93. The lowest BCUT2D eigenvalue weighted by Crippen LogP contribution is -1.78. The van der Waals surface area contributed by atoms with Crippen molar-refractivity contribution in [1.29, 1.82) is 0 Å². The van der Waals surface area contributed by atoms with Gasteiger partial charge in [-0.2, -0.15) is 0 Å². The maximum absolute atomic E-state index is 9.58. The predicted molar refractivity (Wildman–Crippen MR) is 60.0 cm³/mol. The van der Waals surface area contributed by atoms with Gasteiger partial charge in [-0.15, -0.1) is 0 Å². The number of fused-ring (bicyclic) bond motifs is 1. The molecule has 66 valence electrons. The maximum atomic E-state index is 9.58. The van der Waals surface area contributed by atoms with Crippen molar-refractivity contribution in [2.24, 2.45) is 0 Å². The van der Waals surface area contributed by atoms with E-state index in [-0.39, 0.29) is 11.5 Å². The van der Waals surface area contributed by atoms with E-state index in [1.807, 2.05) is 18.2 Å². The Bertz CT molecular complexity index is 466. The Kier molecular flexibility index (Phi) is 2.03. The topological polar surface area (TPSA) is 40.5 Å². The molecule has 2 N–H and O–H groups in total. The van der Waals surface area contributed by atoms with E-state index in [1.165, 1.54) is 6.07 Å². The van der Waals surface area contributed by atoms with Crippen LogP contribution in [0, 0.1) is 3.57 Å². The maximum Gasteiger partial charge on any atom is 0.166 e. The first kappa shape index (κ1) is 8.62. The fourth-order valence-corrected chi connectivity index (χ4v) is 2.08. The molecule has 0 aliphatic rings. The van der Waals surface area contributed by atoms with E-state index in [2.05, 4.69) is 22.6 Å². The first-order valence-corrected chi connectivity index (χ1v) is 4.87. The van der Waals surface area contributed by atoms with Crippen molar-refractivity contribution in [3.8, 4) is 11.5 Å². The molecule has 0 aliphatic carbocycles. The number of benzene rings is 2. The molecule has 0 amide bonds. The van der Waals surface area contributed by atoms with Crippen molar-refractivity contribution in [3.05, 3.63) is 33.9 Å². The summed E-state index contributed by atoms with van der Waals surface area (Å²) in [4.78, 5) is 0. The van der Waals surface area contributed by atoms with Gasteiger partial charge in [0.15, 0.2) is 11.5 Å². The molecule has 0 aliphatic heterocycles. The van der Waals surface area contributed by atoms with E-state index >= 15 is 0 Å². The number of phenols is 2. The van der Waals surface area contributed by atoms with Gasteiger partial charge in [-0.25, -0.2) is 0 Å². The molecular formula is C10H7IO2. The van der Waals surface area contributed by atoms with Gasteiger partial charge >= 0.3 is 0 Å². The van der Waals surface area contributed by atoms with Crippen LogP contribution in [0.3, 0.4) is 0 Å². The molecule has 0 unspecified atom stereocenters. The van der Waals surface area contributed by atoms with Crippen molar-refractivity contribution < 1.29 is 10.2 Å². The van der Waals surface area contributed by atoms with E-state index in [0.717, 1.165) is 8.96 Å². The summed E-state index contributed by atoms with van der Waals surface area (Å²) >= 11 is 2.13. The van der Waals surface area contributed by atoms with Gasteiger partial charge in [-0.05, 0) is 40.1 Å². The molecule has 0 aromatic heterocycles. The third-order valence-electron chi connectivity index (χ3n) is 1.95. The standard InChI is InChI=1S/C10H7IO2/c11-7-3-1-2-6-4-5-8(12)10(13)9(6)7/h1-5,12-13H. The number of hydrogen-bond donors (Lipinski definition) is 2. The lowest BCUT2D eigenvalue weighted by atomic mass is 10.1. The molecule has 0 saturated heterocycles. The Morgan fingerprint density at radius 2 is 1.77 bits per heavy atom. The smallest absolute Gasteiger partial charge is 0.166 e. The zero-order valence-electron chi connectivity index (χ0n) is 6.66. The number of phenolic OH excluding ortho intramolecular Hbond substituents is 2. The van der Waals surface area contributed by atoms with E-state index < -0.39 is 0 Å². The van der Waals surface area contributed by atoms with Crippen molar-refractivity contribution in [1.82, 2.24) is 0 Å². The molecule has 0 saturated carbocycles. The van der Waals surface area contributed by atoms with Crippen LogP contribution in [0.4, 0.5) is 0 Å². The molecule has 13 heavy (non-hydrogen) atoms. The second-order valence-electron chi connectivity index (χ2n) is 2.77. The normalized spacial score (nSPS) is 10.5. The fraction of sp³-hybridized carbons (Fsp3) is 0. The van der Waals surface area contributed by atoms with Crippen molar-refractivity contribution in [2.75, 3.05) is 0 Å². The zero-order valence-corrected chi connectivity index (χ0v) is 8.82. The number of hydrogen-bond acceptors (Lipinski definition) is 2. The zero-order chi connectivity index (χ0) is 9.42. The van der Waals surface area contributed by atoms with E-state index in [0.29, 0.717) is 5.39 Å². The van der Waals surface area contributed by atoms with Crippen LogP contribution in [0.2, 0.25) is 0 Å². The fourth-order valence-electron chi connectivity index (χ4n) is 1.31. The van der Waals surface area contributed by atoms with Gasteiger partial charge < -0.3 is 10.2 Å². The minimum atomic E-state index is -0.0726. The molecular weight excluding hydrogens is 279 g/mol. The first-order valence-electron chi connectivity index (χ1n) is 3.79. The third-order valence-corrected chi connectivity index (χ3v) is 2.84. The lowest BCUT2D eigenvalue weighted by Gasteiger charge is -2.04. The number of halogens is 1. The van der Waals surface area contributed by atoms with Gasteiger partial charge in [0.05, 0.1) is 0 Å². The molecule has 2 rings (SSSR count). The van der Waals surface area contributed by atoms with Gasteiger partial charge in [-0.1, -0.05) is 18.2 Å². The second kappa shape index (κ2) is 3.06. The summed E-state index contributed by atoms with van der Waals surface area (Å²) < 4.78 is 0.934. The highest BCUT2D eigenvalue weighted by Crippen LogP contribution is 2.35. The van der Waals surface area contributed by atoms with Gasteiger partial charge in [0.2, 0.25) is 0 Å². The van der Waals surface area contributed by atoms with Crippen molar-refractivity contribution >= 4 is 33.4 Å². The van der Waals surface area contributed by atoms with Gasteiger partial charge in [0.25, 0.3) is 0 Å². The van der Waals surface area contributed by atoms with Crippen LogP contribution in [0.5, 0.6) is 11.5 Å². The van der Waals surface area contributed by atoms with Crippen molar-refractivity contribution in [2.45, 2.75) is 0 Å². The summed E-state index contributed by atoms with van der Waals surface area (Å²) in [7, 11) is 0. The van der Waals surface area contributed by atoms with Crippen LogP contribution in [0.25, 0.3) is 10.8 Å². The average Bonchev–Trinajstić information content (AvgIpc) is 2.12. The van der Waals surface area contributed by atoms with E-state index in [1.54, 1.807) is 6.07 Å². The number of rotatable bonds is 0. The first-order chi connectivity index (χ1) is 6.20. The third kappa shape index (κ3) is 1.33. The molecule has 0 bridgehead atoms. The van der Waals surface area contributed by atoms with Crippen LogP contribution in [-0.2, 0) is 0 Å². The van der Waals surface area contributed by atoms with Crippen LogP contribution in [0.1, 0.15) is 0 Å².